The minimum absolute atomic E-state index is 0.319. The van der Waals surface area contributed by atoms with E-state index >= 15 is 0 Å². The van der Waals surface area contributed by atoms with Crippen molar-refractivity contribution in [3.8, 4) is 0 Å². The van der Waals surface area contributed by atoms with Crippen LogP contribution in [0.2, 0.25) is 0 Å². The maximum Gasteiger partial charge on any atom is 0.104 e. The van der Waals surface area contributed by atoms with E-state index in [0.29, 0.717) is 5.92 Å². The smallest absolute Gasteiger partial charge is 0.104 e. The summed E-state index contributed by atoms with van der Waals surface area (Å²) in [5.74, 6) is 0.608. The first-order chi connectivity index (χ1) is 6.33. The Bertz CT molecular complexity index is 124. The summed E-state index contributed by atoms with van der Waals surface area (Å²) in [6, 6.07) is 0. The van der Waals surface area contributed by atoms with Gasteiger partial charge in [-0.1, -0.05) is 13.3 Å². The van der Waals surface area contributed by atoms with Crippen LogP contribution >= 0.6 is 0 Å². The molecule has 3 heteroatoms. The van der Waals surface area contributed by atoms with Crippen LogP contribution < -0.4 is 5.32 Å². The van der Waals surface area contributed by atoms with Gasteiger partial charge in [0.1, 0.15) is 6.23 Å². The van der Waals surface area contributed by atoms with Crippen molar-refractivity contribution in [3.05, 3.63) is 0 Å². The quantitative estimate of drug-likeness (QED) is 0.612. The van der Waals surface area contributed by atoms with E-state index in [4.69, 9.17) is 4.74 Å². The van der Waals surface area contributed by atoms with E-state index < -0.39 is 0 Å². The molecule has 0 radical (unpaired) electrons. The standard InChI is InChI=1S/C10H21NO2/c1-2-3-4-10(12)11-7-9-5-6-13-8-9/h9-12H,2-8H2,1H3. The monoisotopic (exact) mass is 187 g/mol. The molecule has 1 saturated heterocycles. The number of nitrogens with one attached hydrogen (secondary N) is 1. The van der Waals surface area contributed by atoms with Crippen LogP contribution in [0.25, 0.3) is 0 Å². The van der Waals surface area contributed by atoms with Crippen LogP contribution in [0.5, 0.6) is 0 Å². The summed E-state index contributed by atoms with van der Waals surface area (Å²) in [6.07, 6.45) is 3.92. The summed E-state index contributed by atoms with van der Waals surface area (Å²) in [7, 11) is 0. The fourth-order valence-electron chi connectivity index (χ4n) is 1.55. The Balaban J connectivity index is 1.97. The number of aliphatic hydroxyl groups is 1. The molecule has 13 heavy (non-hydrogen) atoms. The molecular weight excluding hydrogens is 166 g/mol. The zero-order valence-corrected chi connectivity index (χ0v) is 8.46. The summed E-state index contributed by atoms with van der Waals surface area (Å²) in [5.41, 5.74) is 0. The molecule has 1 fully saturated rings. The fourth-order valence-corrected chi connectivity index (χ4v) is 1.55. The highest BCUT2D eigenvalue weighted by Crippen LogP contribution is 2.11. The van der Waals surface area contributed by atoms with Crippen molar-refractivity contribution in [2.45, 2.75) is 38.8 Å². The van der Waals surface area contributed by atoms with Crippen LogP contribution in [0.3, 0.4) is 0 Å². The van der Waals surface area contributed by atoms with Gasteiger partial charge < -0.3 is 9.84 Å². The third-order valence-corrected chi connectivity index (χ3v) is 2.50. The highest BCUT2D eigenvalue weighted by molar-refractivity contribution is 4.67. The Morgan fingerprint density at radius 3 is 3.08 bits per heavy atom. The normalized spacial score (nSPS) is 24.9. The lowest BCUT2D eigenvalue weighted by Crippen LogP contribution is -2.33. The van der Waals surface area contributed by atoms with Crippen molar-refractivity contribution in [1.29, 1.82) is 0 Å². The van der Waals surface area contributed by atoms with Gasteiger partial charge in [-0.3, -0.25) is 5.32 Å². The van der Waals surface area contributed by atoms with Gasteiger partial charge in [-0.15, -0.1) is 0 Å². The van der Waals surface area contributed by atoms with Gasteiger partial charge in [0.25, 0.3) is 0 Å². The molecule has 2 N–H and O–H groups in total. The van der Waals surface area contributed by atoms with Crippen molar-refractivity contribution in [3.63, 3.8) is 0 Å². The molecule has 78 valence electrons. The number of ether oxygens (including phenoxy) is 1. The molecule has 0 aromatic carbocycles. The lowest BCUT2D eigenvalue weighted by atomic mass is 10.1. The lowest BCUT2D eigenvalue weighted by molar-refractivity contribution is 0.116. The van der Waals surface area contributed by atoms with Crippen molar-refractivity contribution >= 4 is 0 Å². The molecule has 0 amide bonds. The van der Waals surface area contributed by atoms with Crippen LogP contribution in [0.15, 0.2) is 0 Å². The zero-order chi connectivity index (χ0) is 9.52. The van der Waals surface area contributed by atoms with Gasteiger partial charge in [0, 0.05) is 13.2 Å². The second-order valence-corrected chi connectivity index (χ2v) is 3.80. The molecule has 3 nitrogen and oxygen atoms in total. The summed E-state index contributed by atoms with van der Waals surface area (Å²) >= 11 is 0. The van der Waals surface area contributed by atoms with E-state index in [1.54, 1.807) is 0 Å². The second kappa shape index (κ2) is 6.35. The molecule has 0 spiro atoms. The zero-order valence-electron chi connectivity index (χ0n) is 8.46. The van der Waals surface area contributed by atoms with Gasteiger partial charge in [-0.05, 0) is 25.2 Å². The van der Waals surface area contributed by atoms with Crippen LogP contribution in [-0.2, 0) is 4.74 Å². The van der Waals surface area contributed by atoms with Gasteiger partial charge in [0.15, 0.2) is 0 Å². The minimum atomic E-state index is -0.319. The van der Waals surface area contributed by atoms with Gasteiger partial charge in [0.2, 0.25) is 0 Å². The van der Waals surface area contributed by atoms with E-state index in [-0.39, 0.29) is 6.23 Å². The highest BCUT2D eigenvalue weighted by atomic mass is 16.5. The van der Waals surface area contributed by atoms with Crippen molar-refractivity contribution in [2.75, 3.05) is 19.8 Å². The number of aliphatic hydroxyl groups excluding tert-OH is 1. The molecule has 2 unspecified atom stereocenters. The third-order valence-electron chi connectivity index (χ3n) is 2.50. The molecular formula is C10H21NO2. The number of unbranched alkanes of at least 4 members (excludes halogenated alkanes) is 1. The average Bonchev–Trinajstić information content (AvgIpc) is 2.64. The Morgan fingerprint density at radius 2 is 2.46 bits per heavy atom. The minimum Gasteiger partial charge on any atom is -0.381 e. The van der Waals surface area contributed by atoms with Crippen molar-refractivity contribution in [2.24, 2.45) is 5.92 Å². The highest BCUT2D eigenvalue weighted by Gasteiger charge is 2.16. The Kier molecular flexibility index (Phi) is 5.35. The molecule has 2 atom stereocenters. The van der Waals surface area contributed by atoms with Gasteiger partial charge in [-0.25, -0.2) is 0 Å². The summed E-state index contributed by atoms with van der Waals surface area (Å²) in [6.45, 7) is 4.77. The molecule has 0 bridgehead atoms. The second-order valence-electron chi connectivity index (χ2n) is 3.80. The largest absolute Gasteiger partial charge is 0.381 e. The van der Waals surface area contributed by atoms with Gasteiger partial charge in [0.05, 0.1) is 6.61 Å². The van der Waals surface area contributed by atoms with E-state index in [1.165, 1.54) is 0 Å². The van der Waals surface area contributed by atoms with Crippen LogP contribution in [0, 0.1) is 5.92 Å². The molecule has 1 rings (SSSR count). The summed E-state index contributed by atoms with van der Waals surface area (Å²) in [4.78, 5) is 0. The van der Waals surface area contributed by atoms with Crippen LogP contribution in [0.1, 0.15) is 32.6 Å². The first kappa shape index (κ1) is 11.0. The van der Waals surface area contributed by atoms with Crippen molar-refractivity contribution < 1.29 is 9.84 Å². The summed E-state index contributed by atoms with van der Waals surface area (Å²) < 4.78 is 5.25. The molecule has 1 aliphatic heterocycles. The van der Waals surface area contributed by atoms with Crippen LogP contribution in [0.4, 0.5) is 0 Å². The number of hydrogen-bond donors (Lipinski definition) is 2. The van der Waals surface area contributed by atoms with Gasteiger partial charge >= 0.3 is 0 Å². The maximum absolute atomic E-state index is 9.49. The molecule has 0 aromatic heterocycles. The Morgan fingerprint density at radius 1 is 1.62 bits per heavy atom. The van der Waals surface area contributed by atoms with E-state index in [1.807, 2.05) is 0 Å². The van der Waals surface area contributed by atoms with E-state index in [2.05, 4.69) is 12.2 Å². The predicted molar refractivity (Wildman–Crippen MR) is 52.5 cm³/mol. The first-order valence-corrected chi connectivity index (χ1v) is 5.32. The SMILES string of the molecule is CCCCC(O)NCC1CCOC1. The lowest BCUT2D eigenvalue weighted by Gasteiger charge is -2.14. The van der Waals surface area contributed by atoms with E-state index in [0.717, 1.165) is 45.4 Å². The third kappa shape index (κ3) is 4.60. The Labute approximate surface area is 80.5 Å². The van der Waals surface area contributed by atoms with Crippen molar-refractivity contribution in [1.82, 2.24) is 5.32 Å². The van der Waals surface area contributed by atoms with E-state index in [9.17, 15) is 5.11 Å². The van der Waals surface area contributed by atoms with Gasteiger partial charge in [-0.2, -0.15) is 0 Å². The topological polar surface area (TPSA) is 41.5 Å². The molecule has 0 aromatic rings. The molecule has 0 saturated carbocycles. The molecule has 0 aliphatic carbocycles. The fraction of sp³-hybridized carbons (Fsp3) is 1.00. The summed E-state index contributed by atoms with van der Waals surface area (Å²) in [5, 5.41) is 12.6. The molecule has 1 aliphatic rings. The Hall–Kier alpha value is -0.120. The maximum atomic E-state index is 9.49. The number of rotatable bonds is 6. The first-order valence-electron chi connectivity index (χ1n) is 5.32. The van der Waals surface area contributed by atoms with Crippen LogP contribution in [-0.4, -0.2) is 31.1 Å². The average molecular weight is 187 g/mol. The predicted octanol–water partition coefficient (Wildman–Crippen LogP) is 1.12. The number of hydrogen-bond acceptors (Lipinski definition) is 3. The molecule has 1 heterocycles.